The Morgan fingerprint density at radius 3 is 2.23 bits per heavy atom. The summed E-state index contributed by atoms with van der Waals surface area (Å²) in [5.74, 6) is -0.930. The fraction of sp³-hybridized carbons (Fsp3) is 0.290. The highest BCUT2D eigenvalue weighted by Crippen LogP contribution is 2.50. The van der Waals surface area contributed by atoms with Crippen LogP contribution in [0.15, 0.2) is 78.3 Å². The summed E-state index contributed by atoms with van der Waals surface area (Å²) in [6.45, 7) is 14.0. The molecule has 0 aromatic heterocycles. The Hall–Kier alpha value is -3.66. The molecule has 4 nitrogen and oxygen atoms in total. The molecule has 0 bridgehead atoms. The lowest BCUT2D eigenvalue weighted by atomic mass is 9.62. The van der Waals surface area contributed by atoms with Crippen LogP contribution in [0, 0.1) is 0 Å². The summed E-state index contributed by atoms with van der Waals surface area (Å²) in [7, 11) is 0. The number of rotatable bonds is 4. The Bertz CT molecular complexity index is 1360. The van der Waals surface area contributed by atoms with Crippen molar-refractivity contribution in [2.75, 3.05) is 11.4 Å². The number of fused-ring (bicyclic) bond motifs is 3. The molecule has 0 fully saturated rings. The van der Waals surface area contributed by atoms with E-state index in [0.29, 0.717) is 6.54 Å². The maximum Gasteiger partial charge on any atom is 0.335 e. The number of nitrogens with zero attached hydrogens (tertiary/aromatic N) is 2. The van der Waals surface area contributed by atoms with Gasteiger partial charge in [-0.25, -0.2) is 9.79 Å². The quantitative estimate of drug-likeness (QED) is 0.406. The average molecular weight is 465 g/mol. The number of hydrogen-bond donors (Lipinski definition) is 1. The SMILES string of the molecule is C=CCN1c2ccccc2N=C(c2ccc(C(=O)O)cc2)c2cc3c(cc21)C(C)(C)CCC3(C)C. The molecule has 0 spiro atoms. The number of aliphatic imine (C=N–C) groups is 1. The number of hydrogen-bond acceptors (Lipinski definition) is 3. The van der Waals surface area contributed by atoms with E-state index in [9.17, 15) is 9.90 Å². The van der Waals surface area contributed by atoms with Crippen molar-refractivity contribution in [3.63, 3.8) is 0 Å². The second kappa shape index (κ2) is 8.23. The van der Waals surface area contributed by atoms with Gasteiger partial charge in [0.15, 0.2) is 0 Å². The minimum absolute atomic E-state index is 0.0561. The van der Waals surface area contributed by atoms with Crippen molar-refractivity contribution in [2.45, 2.75) is 51.4 Å². The van der Waals surface area contributed by atoms with Gasteiger partial charge < -0.3 is 10.0 Å². The van der Waals surface area contributed by atoms with Crippen molar-refractivity contribution < 1.29 is 9.90 Å². The highest BCUT2D eigenvalue weighted by molar-refractivity contribution is 6.19. The average Bonchev–Trinajstić information content (AvgIpc) is 2.97. The third kappa shape index (κ3) is 3.87. The molecule has 3 aromatic rings. The standard InChI is InChI=1S/C31H32N2O2/c1-6-17-33-26-10-8-7-9-25(26)32-28(20-11-13-21(14-12-20)29(34)35)22-18-23-24(19-27(22)33)31(4,5)16-15-30(23,2)3/h6-14,18-19H,1,15-17H2,2-5H3,(H,34,35). The molecule has 4 heteroatoms. The first kappa shape index (κ1) is 23.1. The first-order valence-corrected chi connectivity index (χ1v) is 12.2. The Morgan fingerprint density at radius 1 is 0.971 bits per heavy atom. The molecule has 5 rings (SSSR count). The molecule has 0 saturated carbocycles. The zero-order valence-electron chi connectivity index (χ0n) is 20.9. The van der Waals surface area contributed by atoms with Gasteiger partial charge in [-0.15, -0.1) is 6.58 Å². The van der Waals surface area contributed by atoms with E-state index in [1.807, 2.05) is 36.4 Å². The van der Waals surface area contributed by atoms with Gasteiger partial charge in [-0.1, -0.05) is 58.0 Å². The molecule has 1 N–H and O–H groups in total. The van der Waals surface area contributed by atoms with Gasteiger partial charge in [0.25, 0.3) is 0 Å². The molecule has 0 saturated heterocycles. The van der Waals surface area contributed by atoms with Crippen LogP contribution in [0.2, 0.25) is 0 Å². The number of carboxylic acids is 1. The Balaban J connectivity index is 1.84. The first-order chi connectivity index (χ1) is 16.6. The third-order valence-corrected chi connectivity index (χ3v) is 7.64. The molecule has 3 aromatic carbocycles. The summed E-state index contributed by atoms with van der Waals surface area (Å²) in [6.07, 6.45) is 4.20. The van der Waals surface area contributed by atoms with Crippen LogP contribution >= 0.6 is 0 Å². The largest absolute Gasteiger partial charge is 0.478 e. The van der Waals surface area contributed by atoms with Gasteiger partial charge in [0.05, 0.1) is 28.3 Å². The van der Waals surface area contributed by atoms with E-state index in [0.717, 1.165) is 46.7 Å². The lowest BCUT2D eigenvalue weighted by molar-refractivity contribution is 0.0697. The summed E-state index contributed by atoms with van der Waals surface area (Å²) in [5.41, 5.74) is 9.02. The Labute approximate surface area is 207 Å². The van der Waals surface area contributed by atoms with Crippen LogP contribution in [-0.2, 0) is 10.8 Å². The van der Waals surface area contributed by atoms with E-state index < -0.39 is 5.97 Å². The molecule has 0 amide bonds. The molecule has 0 unspecified atom stereocenters. The molecule has 1 aliphatic carbocycles. The molecule has 178 valence electrons. The van der Waals surface area contributed by atoms with E-state index in [-0.39, 0.29) is 16.4 Å². The number of benzene rings is 3. The van der Waals surface area contributed by atoms with Crippen LogP contribution in [-0.4, -0.2) is 23.3 Å². The monoisotopic (exact) mass is 464 g/mol. The molecule has 0 radical (unpaired) electrons. The summed E-state index contributed by atoms with van der Waals surface area (Å²) in [5, 5.41) is 9.41. The lowest BCUT2D eigenvalue weighted by Crippen LogP contribution is -2.35. The molecular weight excluding hydrogens is 432 g/mol. The van der Waals surface area contributed by atoms with Crippen molar-refractivity contribution in [3.8, 4) is 0 Å². The maximum atomic E-state index is 11.5. The van der Waals surface area contributed by atoms with E-state index >= 15 is 0 Å². The van der Waals surface area contributed by atoms with Gasteiger partial charge in [-0.2, -0.15) is 0 Å². The molecule has 0 atom stereocenters. The van der Waals surface area contributed by atoms with Crippen LogP contribution < -0.4 is 4.90 Å². The minimum Gasteiger partial charge on any atom is -0.478 e. The fourth-order valence-electron chi connectivity index (χ4n) is 5.43. The maximum absolute atomic E-state index is 11.5. The highest BCUT2D eigenvalue weighted by Gasteiger charge is 2.39. The van der Waals surface area contributed by atoms with E-state index in [1.165, 1.54) is 11.1 Å². The van der Waals surface area contributed by atoms with Crippen molar-refractivity contribution in [2.24, 2.45) is 4.99 Å². The summed E-state index contributed by atoms with van der Waals surface area (Å²) < 4.78 is 0. The summed E-state index contributed by atoms with van der Waals surface area (Å²) in [4.78, 5) is 19.0. The van der Waals surface area contributed by atoms with Gasteiger partial charge in [0, 0.05) is 17.7 Å². The number of aromatic carboxylic acids is 1. The van der Waals surface area contributed by atoms with Crippen LogP contribution in [0.3, 0.4) is 0 Å². The van der Waals surface area contributed by atoms with Crippen molar-refractivity contribution in [3.05, 3.63) is 101 Å². The third-order valence-electron chi connectivity index (χ3n) is 7.64. The number of carbonyl (C=O) groups is 1. The summed E-state index contributed by atoms with van der Waals surface area (Å²) in [6, 6.07) is 20.0. The second-order valence-electron chi connectivity index (χ2n) is 10.9. The van der Waals surface area contributed by atoms with E-state index in [2.05, 4.69) is 57.4 Å². The molecule has 1 heterocycles. The molecule has 35 heavy (non-hydrogen) atoms. The molecule has 1 aliphatic heterocycles. The predicted octanol–water partition coefficient (Wildman–Crippen LogP) is 7.54. The topological polar surface area (TPSA) is 52.9 Å². The number of anilines is 2. The second-order valence-corrected chi connectivity index (χ2v) is 10.9. The lowest BCUT2D eigenvalue weighted by Gasteiger charge is -2.43. The fourth-order valence-corrected chi connectivity index (χ4v) is 5.43. The molecular formula is C31H32N2O2. The van der Waals surface area contributed by atoms with Crippen LogP contribution in [0.5, 0.6) is 0 Å². The van der Waals surface area contributed by atoms with Crippen LogP contribution in [0.1, 0.15) is 73.1 Å². The predicted molar refractivity (Wildman–Crippen MR) is 144 cm³/mol. The smallest absolute Gasteiger partial charge is 0.335 e. The van der Waals surface area contributed by atoms with Gasteiger partial charge in [0.1, 0.15) is 0 Å². The van der Waals surface area contributed by atoms with Crippen molar-refractivity contribution in [1.29, 1.82) is 0 Å². The summed E-state index contributed by atoms with van der Waals surface area (Å²) >= 11 is 0. The van der Waals surface area contributed by atoms with Crippen molar-refractivity contribution >= 4 is 28.7 Å². The Kier molecular flexibility index (Phi) is 5.43. The van der Waals surface area contributed by atoms with Crippen molar-refractivity contribution in [1.82, 2.24) is 0 Å². The normalized spacial score (nSPS) is 17.4. The van der Waals surface area contributed by atoms with Gasteiger partial charge in [0.2, 0.25) is 0 Å². The van der Waals surface area contributed by atoms with Gasteiger partial charge in [-0.3, -0.25) is 0 Å². The van der Waals surface area contributed by atoms with E-state index in [1.54, 1.807) is 12.1 Å². The first-order valence-electron chi connectivity index (χ1n) is 12.2. The van der Waals surface area contributed by atoms with Crippen LogP contribution in [0.4, 0.5) is 17.1 Å². The highest BCUT2D eigenvalue weighted by atomic mass is 16.4. The number of para-hydroxylation sites is 2. The zero-order valence-corrected chi connectivity index (χ0v) is 20.9. The molecule has 2 aliphatic rings. The zero-order chi connectivity index (χ0) is 25.0. The number of carboxylic acid groups (broad SMARTS) is 1. The van der Waals surface area contributed by atoms with Gasteiger partial charge in [-0.05, 0) is 71.2 Å². The minimum atomic E-state index is -0.930. The van der Waals surface area contributed by atoms with E-state index in [4.69, 9.17) is 4.99 Å². The van der Waals surface area contributed by atoms with Gasteiger partial charge >= 0.3 is 5.97 Å². The Morgan fingerprint density at radius 2 is 1.60 bits per heavy atom. The van der Waals surface area contributed by atoms with Crippen LogP contribution in [0.25, 0.3) is 0 Å².